The summed E-state index contributed by atoms with van der Waals surface area (Å²) in [6.07, 6.45) is 2.81. The number of aliphatic carboxylic acids is 1. The summed E-state index contributed by atoms with van der Waals surface area (Å²) in [6, 6.07) is 16.5. The number of nitrogens with two attached hydrogens (primary N) is 1. The van der Waals surface area contributed by atoms with E-state index >= 15 is 0 Å². The monoisotopic (exact) mass is 716 g/mol. The van der Waals surface area contributed by atoms with Gasteiger partial charge in [-0.3, -0.25) is 28.8 Å². The molecule has 0 spiro atoms. The average Bonchev–Trinajstić information content (AvgIpc) is 3.54. The molecule has 51 heavy (non-hydrogen) atoms. The van der Waals surface area contributed by atoms with Crippen molar-refractivity contribution >= 4 is 68.8 Å². The highest BCUT2D eigenvalue weighted by Gasteiger charge is 2.38. The Balaban J connectivity index is 1.38. The van der Waals surface area contributed by atoms with Crippen molar-refractivity contribution in [2.75, 3.05) is 12.4 Å². The van der Waals surface area contributed by atoms with Gasteiger partial charge in [-0.1, -0.05) is 60.7 Å². The number of carbonyl (C=O) groups excluding carboxylic acids is 5. The maximum absolute atomic E-state index is 14.0. The van der Waals surface area contributed by atoms with E-state index in [0.717, 1.165) is 32.8 Å². The van der Waals surface area contributed by atoms with E-state index in [2.05, 4.69) is 20.9 Å². The van der Waals surface area contributed by atoms with Gasteiger partial charge in [-0.25, -0.2) is 0 Å². The number of H-pyrrole nitrogens is 1. The van der Waals surface area contributed by atoms with Gasteiger partial charge in [-0.05, 0) is 53.6 Å². The Kier molecular flexibility index (Phi) is 12.3. The molecule has 3 aromatic carbocycles. The number of primary amides is 1. The third-order valence-corrected chi connectivity index (χ3v) is 9.38. The Bertz CT molecular complexity index is 1930. The number of rotatable bonds is 15. The van der Waals surface area contributed by atoms with Crippen molar-refractivity contribution in [3.8, 4) is 0 Å². The van der Waals surface area contributed by atoms with Crippen molar-refractivity contribution in [2.45, 2.75) is 69.1 Å². The maximum Gasteiger partial charge on any atom is 0.303 e. The van der Waals surface area contributed by atoms with E-state index in [-0.39, 0.29) is 32.2 Å². The number of aromatic nitrogens is 1. The number of carboxylic acids is 1. The third-order valence-electron chi connectivity index (χ3n) is 9.14. The lowest BCUT2D eigenvalue weighted by Crippen LogP contribution is -2.60. The smallest absolute Gasteiger partial charge is 0.303 e. The number of nitrogens with zero attached hydrogens (tertiary/aromatic N) is 1. The number of nitrogens with one attached hydrogen (secondary N) is 4. The van der Waals surface area contributed by atoms with Gasteiger partial charge < -0.3 is 36.7 Å². The van der Waals surface area contributed by atoms with Crippen LogP contribution in [-0.4, -0.2) is 87.1 Å². The lowest BCUT2D eigenvalue weighted by Gasteiger charge is -2.37. The molecule has 0 saturated carbocycles. The molecule has 1 aliphatic heterocycles. The summed E-state index contributed by atoms with van der Waals surface area (Å²) in [5.74, 6) is -4.84. The van der Waals surface area contributed by atoms with Crippen molar-refractivity contribution < 1.29 is 33.9 Å². The Morgan fingerprint density at radius 3 is 2.37 bits per heavy atom. The average molecular weight is 717 g/mol. The Hall–Kier alpha value is -5.43. The van der Waals surface area contributed by atoms with E-state index < -0.39 is 72.0 Å². The first-order valence-electron chi connectivity index (χ1n) is 16.8. The number of alkyl halides is 1. The Morgan fingerprint density at radius 2 is 1.63 bits per heavy atom. The maximum atomic E-state index is 14.0. The molecule has 268 valence electrons. The summed E-state index contributed by atoms with van der Waals surface area (Å²) < 4.78 is 0. The summed E-state index contributed by atoms with van der Waals surface area (Å²) in [6.45, 7) is 0.187. The summed E-state index contributed by atoms with van der Waals surface area (Å²) in [5.41, 5.74) is 8.13. The first kappa shape index (κ1) is 36.8. The number of hydrogen-bond acceptors (Lipinski definition) is 6. The highest BCUT2D eigenvalue weighted by molar-refractivity contribution is 6.27. The second kappa shape index (κ2) is 17.0. The normalized spacial score (nSPS) is 16.2. The SMILES string of the molecule is NC(=O)C(Cc1ccc2ccccc2c1)NC(=O)C(Cc1c[nH]c2ccccc12)NC(=O)C1CCCCN1C(=O)C(CCC(=O)O)NC(=O)CCl. The van der Waals surface area contributed by atoms with E-state index in [9.17, 15) is 33.9 Å². The second-order valence-corrected chi connectivity index (χ2v) is 13.0. The summed E-state index contributed by atoms with van der Waals surface area (Å²) in [4.78, 5) is 82.4. The minimum atomic E-state index is -1.21. The fourth-order valence-electron chi connectivity index (χ4n) is 6.52. The molecule has 5 amide bonds. The number of benzene rings is 3. The quantitative estimate of drug-likeness (QED) is 0.101. The molecule has 1 fully saturated rings. The minimum Gasteiger partial charge on any atom is -0.481 e. The van der Waals surface area contributed by atoms with Gasteiger partial charge in [0.15, 0.2) is 0 Å². The molecule has 13 nitrogen and oxygen atoms in total. The number of aromatic amines is 1. The van der Waals surface area contributed by atoms with Crippen LogP contribution >= 0.6 is 11.6 Å². The van der Waals surface area contributed by atoms with Gasteiger partial charge in [0.05, 0.1) is 0 Å². The highest BCUT2D eigenvalue weighted by atomic mass is 35.5. The first-order valence-corrected chi connectivity index (χ1v) is 17.4. The second-order valence-electron chi connectivity index (χ2n) is 12.7. The van der Waals surface area contributed by atoms with E-state index in [0.29, 0.717) is 12.8 Å². The van der Waals surface area contributed by atoms with E-state index in [1.54, 1.807) is 6.20 Å². The Labute approximate surface area is 299 Å². The van der Waals surface area contributed by atoms with Crippen LogP contribution in [0.2, 0.25) is 0 Å². The van der Waals surface area contributed by atoms with E-state index in [1.165, 1.54) is 4.90 Å². The molecule has 1 aromatic heterocycles. The van der Waals surface area contributed by atoms with Crippen molar-refractivity contribution in [1.82, 2.24) is 25.8 Å². The molecule has 1 aliphatic rings. The van der Waals surface area contributed by atoms with Crippen LogP contribution in [0.25, 0.3) is 21.7 Å². The molecule has 14 heteroatoms. The van der Waals surface area contributed by atoms with Gasteiger partial charge in [0.25, 0.3) is 0 Å². The van der Waals surface area contributed by atoms with Gasteiger partial charge in [0.1, 0.15) is 30.0 Å². The standard InChI is InChI=1S/C37H41ClN6O7/c38-20-32(45)41-28(14-15-33(46)47)37(51)44-16-6-5-11-31(44)36(50)43-30(19-25-21-40-27-10-4-3-9-26(25)27)35(49)42-29(34(39)48)18-22-12-13-23-7-1-2-8-24(23)17-22/h1-4,7-10,12-13,17,21,28-31,40H,5-6,11,14-16,18-20H2,(H2,39,48)(H,41,45)(H,42,49)(H,43,50)(H,46,47). The first-order chi connectivity index (χ1) is 24.5. The molecule has 4 aromatic rings. The summed E-state index contributed by atoms with van der Waals surface area (Å²) >= 11 is 5.65. The van der Waals surface area contributed by atoms with Crippen LogP contribution in [0.1, 0.15) is 43.2 Å². The zero-order valence-corrected chi connectivity index (χ0v) is 28.7. The number of hydrogen-bond donors (Lipinski definition) is 6. The lowest BCUT2D eigenvalue weighted by molar-refractivity contribution is -0.146. The van der Waals surface area contributed by atoms with Gasteiger partial charge in [0, 0.05) is 42.9 Å². The van der Waals surface area contributed by atoms with Crippen LogP contribution in [0.3, 0.4) is 0 Å². The van der Waals surface area contributed by atoms with E-state index in [1.807, 2.05) is 66.7 Å². The molecule has 0 bridgehead atoms. The largest absolute Gasteiger partial charge is 0.481 e. The summed E-state index contributed by atoms with van der Waals surface area (Å²) in [7, 11) is 0. The topological polar surface area (TPSA) is 204 Å². The van der Waals surface area contributed by atoms with Crippen LogP contribution in [0.5, 0.6) is 0 Å². The zero-order chi connectivity index (χ0) is 36.5. The third kappa shape index (κ3) is 9.43. The number of carboxylic acid groups (broad SMARTS) is 1. The molecule has 0 radical (unpaired) electrons. The predicted octanol–water partition coefficient (Wildman–Crippen LogP) is 2.53. The molecule has 1 saturated heterocycles. The van der Waals surface area contributed by atoms with Gasteiger partial charge in [-0.2, -0.15) is 0 Å². The highest BCUT2D eigenvalue weighted by Crippen LogP contribution is 2.23. The molecular weight excluding hydrogens is 676 g/mol. The molecule has 4 atom stereocenters. The van der Waals surface area contributed by atoms with Crippen molar-refractivity contribution in [3.63, 3.8) is 0 Å². The molecule has 2 heterocycles. The number of para-hydroxylation sites is 1. The number of piperidine rings is 1. The number of amides is 5. The van der Waals surface area contributed by atoms with Crippen LogP contribution in [0.15, 0.2) is 72.9 Å². The molecule has 5 rings (SSSR count). The molecule has 4 unspecified atom stereocenters. The number of halogens is 1. The van der Waals surface area contributed by atoms with Crippen molar-refractivity contribution in [3.05, 3.63) is 84.1 Å². The molecular formula is C37H41ClN6O7. The zero-order valence-electron chi connectivity index (χ0n) is 27.9. The fourth-order valence-corrected chi connectivity index (χ4v) is 6.60. The molecule has 7 N–H and O–H groups in total. The van der Waals surface area contributed by atoms with Crippen LogP contribution in [-0.2, 0) is 41.6 Å². The fraction of sp³-hybridized carbons (Fsp3) is 0.351. The minimum absolute atomic E-state index is 0.0523. The predicted molar refractivity (Wildman–Crippen MR) is 192 cm³/mol. The van der Waals surface area contributed by atoms with E-state index in [4.69, 9.17) is 17.3 Å². The van der Waals surface area contributed by atoms with Crippen LogP contribution in [0, 0.1) is 0 Å². The van der Waals surface area contributed by atoms with Crippen LogP contribution in [0.4, 0.5) is 0 Å². The Morgan fingerprint density at radius 1 is 0.882 bits per heavy atom. The van der Waals surface area contributed by atoms with Gasteiger partial charge in [0.2, 0.25) is 29.5 Å². The summed E-state index contributed by atoms with van der Waals surface area (Å²) in [5, 5.41) is 20.1. The number of fused-ring (bicyclic) bond motifs is 2. The van der Waals surface area contributed by atoms with Crippen molar-refractivity contribution in [1.29, 1.82) is 0 Å². The lowest BCUT2D eigenvalue weighted by atomic mass is 9.97. The van der Waals surface area contributed by atoms with Gasteiger partial charge in [-0.15, -0.1) is 11.6 Å². The van der Waals surface area contributed by atoms with Crippen LogP contribution < -0.4 is 21.7 Å². The number of carbonyl (C=O) groups is 6. The van der Waals surface area contributed by atoms with Gasteiger partial charge >= 0.3 is 5.97 Å². The van der Waals surface area contributed by atoms with Crippen molar-refractivity contribution in [2.24, 2.45) is 5.73 Å². The number of likely N-dealkylation sites (tertiary alicyclic amines) is 1. The molecule has 0 aliphatic carbocycles.